The number of aryl methyl sites for hydroxylation is 1. The molecule has 0 amide bonds. The van der Waals surface area contributed by atoms with Crippen LogP contribution in [0.4, 0.5) is 0 Å². The summed E-state index contributed by atoms with van der Waals surface area (Å²) in [6.45, 7) is 3.59. The molecule has 0 saturated carbocycles. The van der Waals surface area contributed by atoms with Gasteiger partial charge in [0.2, 0.25) is 0 Å². The fourth-order valence-electron chi connectivity index (χ4n) is 1.24. The molecule has 15 heavy (non-hydrogen) atoms. The van der Waals surface area contributed by atoms with Crippen molar-refractivity contribution >= 4 is 11.5 Å². The van der Waals surface area contributed by atoms with Gasteiger partial charge in [-0.1, -0.05) is 29.8 Å². The van der Waals surface area contributed by atoms with Gasteiger partial charge in [0.15, 0.2) is 0 Å². The molecule has 3 nitrogen and oxygen atoms in total. The van der Waals surface area contributed by atoms with Crippen LogP contribution in [0.25, 0.3) is 5.57 Å². The van der Waals surface area contributed by atoms with E-state index in [0.29, 0.717) is 5.57 Å². The van der Waals surface area contributed by atoms with E-state index in [9.17, 15) is 4.79 Å². The van der Waals surface area contributed by atoms with E-state index < -0.39 is 5.97 Å². The zero-order valence-corrected chi connectivity index (χ0v) is 8.61. The van der Waals surface area contributed by atoms with Gasteiger partial charge in [0.05, 0.1) is 0 Å². The Morgan fingerprint density at radius 2 is 1.87 bits per heavy atom. The number of carboxylic acids is 1. The molecule has 0 saturated heterocycles. The molecule has 0 heterocycles. The van der Waals surface area contributed by atoms with E-state index in [1.54, 1.807) is 13.0 Å². The lowest BCUT2D eigenvalue weighted by Gasteiger charge is -2.03. The molecule has 0 aromatic heterocycles. The van der Waals surface area contributed by atoms with Gasteiger partial charge in [-0.2, -0.15) is 5.26 Å². The van der Waals surface area contributed by atoms with E-state index in [1.807, 2.05) is 31.2 Å². The van der Waals surface area contributed by atoms with Gasteiger partial charge in [-0.3, -0.25) is 0 Å². The highest BCUT2D eigenvalue weighted by Gasteiger charge is 2.11. The maximum Gasteiger partial charge on any atom is 0.346 e. The zero-order chi connectivity index (χ0) is 11.4. The largest absolute Gasteiger partial charge is 0.477 e. The van der Waals surface area contributed by atoms with Crippen LogP contribution in [-0.4, -0.2) is 11.1 Å². The van der Waals surface area contributed by atoms with Gasteiger partial charge >= 0.3 is 5.97 Å². The number of aliphatic carboxylic acids is 1. The maximum absolute atomic E-state index is 10.7. The minimum Gasteiger partial charge on any atom is -0.477 e. The second-order valence-corrected chi connectivity index (χ2v) is 3.28. The molecule has 1 aromatic rings. The first-order valence-corrected chi connectivity index (χ1v) is 4.47. The summed E-state index contributed by atoms with van der Waals surface area (Å²) in [7, 11) is 0. The van der Waals surface area contributed by atoms with Crippen molar-refractivity contribution < 1.29 is 9.90 Å². The van der Waals surface area contributed by atoms with Crippen LogP contribution >= 0.6 is 0 Å². The highest BCUT2D eigenvalue weighted by molar-refractivity contribution is 6.00. The fourth-order valence-corrected chi connectivity index (χ4v) is 1.24. The molecule has 0 spiro atoms. The number of hydrogen-bond donors (Lipinski definition) is 1. The molecule has 0 aliphatic rings. The quantitative estimate of drug-likeness (QED) is 0.590. The first kappa shape index (κ1) is 11.0. The average Bonchev–Trinajstić information content (AvgIpc) is 2.19. The molecule has 3 heteroatoms. The number of rotatable bonds is 2. The van der Waals surface area contributed by atoms with Crippen LogP contribution in [0.1, 0.15) is 18.1 Å². The van der Waals surface area contributed by atoms with Crippen LogP contribution in [0.2, 0.25) is 0 Å². The van der Waals surface area contributed by atoms with Crippen molar-refractivity contribution in [3.63, 3.8) is 0 Å². The molecule has 1 N–H and O–H groups in total. The molecular formula is C12H11NO2. The first-order valence-electron chi connectivity index (χ1n) is 4.47. The SMILES string of the molecule is C/C(=C(\C#N)C(=O)O)c1ccc(C)cc1. The summed E-state index contributed by atoms with van der Waals surface area (Å²) in [5.41, 5.74) is 2.14. The second kappa shape index (κ2) is 4.43. The summed E-state index contributed by atoms with van der Waals surface area (Å²) >= 11 is 0. The monoisotopic (exact) mass is 201 g/mol. The Kier molecular flexibility index (Phi) is 3.25. The van der Waals surface area contributed by atoms with Gasteiger partial charge in [-0.05, 0) is 25.0 Å². The van der Waals surface area contributed by atoms with Gasteiger partial charge in [-0.15, -0.1) is 0 Å². The van der Waals surface area contributed by atoms with Gasteiger partial charge in [0, 0.05) is 0 Å². The minimum absolute atomic E-state index is 0.209. The average molecular weight is 201 g/mol. The number of allylic oxidation sites excluding steroid dienone is 1. The molecule has 0 radical (unpaired) electrons. The van der Waals surface area contributed by atoms with Crippen molar-refractivity contribution in [3.05, 3.63) is 41.0 Å². The molecule has 0 aliphatic carbocycles. The summed E-state index contributed by atoms with van der Waals surface area (Å²) in [5, 5.41) is 17.5. The Bertz CT molecular complexity index is 450. The number of benzene rings is 1. The van der Waals surface area contributed by atoms with E-state index in [2.05, 4.69) is 0 Å². The molecule has 0 atom stereocenters. The van der Waals surface area contributed by atoms with Gasteiger partial charge in [0.25, 0.3) is 0 Å². The standard InChI is InChI=1S/C12H11NO2/c1-8-3-5-10(6-4-8)9(2)11(7-13)12(14)15/h3-6H,1-2H3,(H,14,15)/b11-9-. The van der Waals surface area contributed by atoms with E-state index in [-0.39, 0.29) is 5.57 Å². The lowest BCUT2D eigenvalue weighted by atomic mass is 10.0. The Hall–Kier alpha value is -2.08. The lowest BCUT2D eigenvalue weighted by molar-refractivity contribution is -0.132. The molecule has 1 rings (SSSR count). The van der Waals surface area contributed by atoms with E-state index in [0.717, 1.165) is 11.1 Å². The number of carbonyl (C=O) groups is 1. The summed E-state index contributed by atoms with van der Waals surface area (Å²) < 4.78 is 0. The normalized spacial score (nSPS) is 11.5. The van der Waals surface area contributed by atoms with Gasteiger partial charge in [0.1, 0.15) is 11.6 Å². The van der Waals surface area contributed by atoms with Crippen LogP contribution in [0.15, 0.2) is 29.8 Å². The Morgan fingerprint density at radius 3 is 2.27 bits per heavy atom. The summed E-state index contributed by atoms with van der Waals surface area (Å²) in [6, 6.07) is 9.08. The van der Waals surface area contributed by atoms with Gasteiger partial charge < -0.3 is 5.11 Å². The van der Waals surface area contributed by atoms with E-state index >= 15 is 0 Å². The molecular weight excluding hydrogens is 190 g/mol. The van der Waals surface area contributed by atoms with Crippen LogP contribution in [0.3, 0.4) is 0 Å². The maximum atomic E-state index is 10.7. The van der Waals surface area contributed by atoms with Gasteiger partial charge in [-0.25, -0.2) is 4.79 Å². The van der Waals surface area contributed by atoms with Crippen LogP contribution in [0, 0.1) is 18.3 Å². The molecule has 0 bridgehead atoms. The van der Waals surface area contributed by atoms with E-state index in [4.69, 9.17) is 10.4 Å². The first-order chi connectivity index (χ1) is 7.06. The Balaban J connectivity index is 3.24. The third-order valence-corrected chi connectivity index (χ3v) is 2.19. The second-order valence-electron chi connectivity index (χ2n) is 3.28. The lowest BCUT2D eigenvalue weighted by Crippen LogP contribution is -2.00. The van der Waals surface area contributed by atoms with Crippen molar-refractivity contribution in [2.75, 3.05) is 0 Å². The summed E-state index contributed by atoms with van der Waals surface area (Å²) in [4.78, 5) is 10.7. The van der Waals surface area contributed by atoms with Crippen LogP contribution in [0.5, 0.6) is 0 Å². The number of nitriles is 1. The number of carboxylic acid groups (broad SMARTS) is 1. The van der Waals surface area contributed by atoms with Crippen molar-refractivity contribution in [1.82, 2.24) is 0 Å². The summed E-state index contributed by atoms with van der Waals surface area (Å²) in [5.74, 6) is -1.18. The van der Waals surface area contributed by atoms with Crippen molar-refractivity contribution in [2.24, 2.45) is 0 Å². The summed E-state index contributed by atoms with van der Waals surface area (Å²) in [6.07, 6.45) is 0. The van der Waals surface area contributed by atoms with Crippen molar-refractivity contribution in [3.8, 4) is 6.07 Å². The predicted molar refractivity (Wildman–Crippen MR) is 57.0 cm³/mol. The Labute approximate surface area is 88.3 Å². The third-order valence-electron chi connectivity index (χ3n) is 2.19. The highest BCUT2D eigenvalue weighted by atomic mass is 16.4. The molecule has 0 aliphatic heterocycles. The number of nitrogens with zero attached hydrogens (tertiary/aromatic N) is 1. The zero-order valence-electron chi connectivity index (χ0n) is 8.61. The van der Waals surface area contributed by atoms with Crippen molar-refractivity contribution in [2.45, 2.75) is 13.8 Å². The highest BCUT2D eigenvalue weighted by Crippen LogP contribution is 2.18. The topological polar surface area (TPSA) is 61.1 Å². The Morgan fingerprint density at radius 1 is 1.33 bits per heavy atom. The van der Waals surface area contributed by atoms with Crippen LogP contribution in [-0.2, 0) is 4.79 Å². The number of hydrogen-bond acceptors (Lipinski definition) is 2. The third kappa shape index (κ3) is 2.44. The van der Waals surface area contributed by atoms with Crippen molar-refractivity contribution in [1.29, 1.82) is 5.26 Å². The van der Waals surface area contributed by atoms with Crippen LogP contribution < -0.4 is 0 Å². The van der Waals surface area contributed by atoms with E-state index in [1.165, 1.54) is 0 Å². The fraction of sp³-hybridized carbons (Fsp3) is 0.167. The predicted octanol–water partition coefficient (Wildman–Crippen LogP) is 2.38. The smallest absolute Gasteiger partial charge is 0.346 e. The molecule has 0 fully saturated rings. The molecule has 1 aromatic carbocycles. The molecule has 0 unspecified atom stereocenters. The molecule has 76 valence electrons. The minimum atomic E-state index is -1.18.